The first-order chi connectivity index (χ1) is 7.22. The van der Waals surface area contributed by atoms with Gasteiger partial charge in [-0.05, 0) is 18.6 Å². The summed E-state index contributed by atoms with van der Waals surface area (Å²) in [5.41, 5.74) is 0.961. The van der Waals surface area contributed by atoms with Crippen LogP contribution in [0, 0.1) is 6.92 Å². The van der Waals surface area contributed by atoms with Crippen molar-refractivity contribution in [2.75, 3.05) is 28.1 Å². The lowest BCUT2D eigenvalue weighted by molar-refractivity contribution is 0.0509. The summed E-state index contributed by atoms with van der Waals surface area (Å²) in [5, 5.41) is 0. The topological polar surface area (TPSA) is 36.9 Å². The van der Waals surface area contributed by atoms with Crippen LogP contribution in [0.3, 0.4) is 0 Å². The third kappa shape index (κ3) is 2.76. The van der Waals surface area contributed by atoms with E-state index in [1.54, 1.807) is 27.4 Å². The molecule has 0 saturated heterocycles. The number of hydrogen-bond acceptors (Lipinski definition) is 4. The maximum atomic E-state index is 5.32. The van der Waals surface area contributed by atoms with E-state index in [2.05, 4.69) is 0 Å². The molecule has 0 saturated carbocycles. The summed E-state index contributed by atoms with van der Waals surface area (Å²) >= 11 is 0. The van der Waals surface area contributed by atoms with Gasteiger partial charge in [-0.2, -0.15) is 0 Å². The summed E-state index contributed by atoms with van der Waals surface area (Å²) in [4.78, 5) is 0. The molecule has 0 unspecified atom stereocenters. The van der Waals surface area contributed by atoms with Crippen molar-refractivity contribution < 1.29 is 18.9 Å². The number of benzene rings is 1. The standard InChI is InChI=1S/C11H16O4/c1-8-5-9(15-7-12-2)6-10(13-3)11(8)14-4/h5-6H,7H2,1-4H3. The van der Waals surface area contributed by atoms with Crippen LogP contribution in [0.4, 0.5) is 0 Å². The van der Waals surface area contributed by atoms with Gasteiger partial charge in [0, 0.05) is 13.2 Å². The number of hydrogen-bond donors (Lipinski definition) is 0. The number of ether oxygens (including phenoxy) is 4. The molecule has 0 amide bonds. The van der Waals surface area contributed by atoms with Crippen LogP contribution in [0.1, 0.15) is 5.56 Å². The third-order valence-corrected chi connectivity index (χ3v) is 1.98. The Hall–Kier alpha value is -1.42. The predicted molar refractivity (Wildman–Crippen MR) is 56.8 cm³/mol. The Balaban J connectivity index is 2.97. The average molecular weight is 212 g/mol. The van der Waals surface area contributed by atoms with Crippen LogP contribution in [0.25, 0.3) is 0 Å². The fraction of sp³-hybridized carbons (Fsp3) is 0.455. The molecule has 0 aliphatic carbocycles. The maximum Gasteiger partial charge on any atom is 0.188 e. The molecule has 84 valence electrons. The van der Waals surface area contributed by atoms with Crippen molar-refractivity contribution in [3.05, 3.63) is 17.7 Å². The summed E-state index contributed by atoms with van der Waals surface area (Å²) in [5.74, 6) is 2.08. The monoisotopic (exact) mass is 212 g/mol. The first-order valence-corrected chi connectivity index (χ1v) is 4.57. The molecule has 0 fully saturated rings. The van der Waals surface area contributed by atoms with Crippen LogP contribution in [-0.4, -0.2) is 28.1 Å². The average Bonchev–Trinajstić information content (AvgIpc) is 2.25. The molecule has 1 aromatic carbocycles. The van der Waals surface area contributed by atoms with Crippen LogP contribution in [0.15, 0.2) is 12.1 Å². The quantitative estimate of drug-likeness (QED) is 0.699. The summed E-state index contributed by atoms with van der Waals surface area (Å²) in [6, 6.07) is 3.64. The van der Waals surface area contributed by atoms with E-state index < -0.39 is 0 Å². The van der Waals surface area contributed by atoms with Crippen molar-refractivity contribution >= 4 is 0 Å². The lowest BCUT2D eigenvalue weighted by Gasteiger charge is -2.13. The van der Waals surface area contributed by atoms with Crippen molar-refractivity contribution in [2.24, 2.45) is 0 Å². The van der Waals surface area contributed by atoms with Gasteiger partial charge >= 0.3 is 0 Å². The van der Waals surface area contributed by atoms with Gasteiger partial charge in [-0.3, -0.25) is 0 Å². The lowest BCUT2D eigenvalue weighted by Crippen LogP contribution is -2.00. The van der Waals surface area contributed by atoms with Gasteiger partial charge in [0.05, 0.1) is 14.2 Å². The molecular formula is C11H16O4. The molecule has 0 bridgehead atoms. The van der Waals surface area contributed by atoms with Gasteiger partial charge < -0.3 is 18.9 Å². The van der Waals surface area contributed by atoms with E-state index in [1.807, 2.05) is 13.0 Å². The zero-order valence-electron chi connectivity index (χ0n) is 9.49. The molecular weight excluding hydrogens is 196 g/mol. The minimum Gasteiger partial charge on any atom is -0.493 e. The van der Waals surface area contributed by atoms with E-state index in [0.717, 1.165) is 11.3 Å². The number of aryl methyl sites for hydroxylation is 1. The largest absolute Gasteiger partial charge is 0.493 e. The highest BCUT2D eigenvalue weighted by Gasteiger charge is 2.09. The fourth-order valence-electron chi connectivity index (χ4n) is 1.33. The molecule has 1 aromatic rings. The Kier molecular flexibility index (Phi) is 4.24. The van der Waals surface area contributed by atoms with Crippen molar-refractivity contribution in [3.63, 3.8) is 0 Å². The van der Waals surface area contributed by atoms with Crippen LogP contribution >= 0.6 is 0 Å². The molecule has 0 heterocycles. The number of methoxy groups -OCH3 is 3. The molecule has 0 atom stereocenters. The van der Waals surface area contributed by atoms with Gasteiger partial charge in [0.2, 0.25) is 0 Å². The van der Waals surface area contributed by atoms with Gasteiger partial charge in [-0.25, -0.2) is 0 Å². The van der Waals surface area contributed by atoms with Gasteiger partial charge in [0.25, 0.3) is 0 Å². The Morgan fingerprint density at radius 3 is 2.33 bits per heavy atom. The van der Waals surface area contributed by atoms with E-state index in [0.29, 0.717) is 11.5 Å². The highest BCUT2D eigenvalue weighted by molar-refractivity contribution is 5.51. The molecule has 4 heteroatoms. The highest BCUT2D eigenvalue weighted by atomic mass is 16.7. The van der Waals surface area contributed by atoms with Crippen molar-refractivity contribution in [1.82, 2.24) is 0 Å². The smallest absolute Gasteiger partial charge is 0.188 e. The van der Waals surface area contributed by atoms with Crippen molar-refractivity contribution in [1.29, 1.82) is 0 Å². The van der Waals surface area contributed by atoms with E-state index in [4.69, 9.17) is 18.9 Å². The Bertz CT molecular complexity index is 323. The fourth-order valence-corrected chi connectivity index (χ4v) is 1.33. The molecule has 0 aliphatic rings. The second-order valence-corrected chi connectivity index (χ2v) is 3.03. The van der Waals surface area contributed by atoms with Crippen LogP contribution in [0.5, 0.6) is 17.2 Å². The van der Waals surface area contributed by atoms with Gasteiger partial charge in [-0.15, -0.1) is 0 Å². The molecule has 1 rings (SSSR count). The highest BCUT2D eigenvalue weighted by Crippen LogP contribution is 2.34. The molecule has 4 nitrogen and oxygen atoms in total. The van der Waals surface area contributed by atoms with E-state index in [1.165, 1.54) is 0 Å². The minimum absolute atomic E-state index is 0.217. The minimum atomic E-state index is 0.217. The zero-order valence-corrected chi connectivity index (χ0v) is 9.49. The molecule has 0 N–H and O–H groups in total. The van der Waals surface area contributed by atoms with E-state index in [9.17, 15) is 0 Å². The molecule has 0 radical (unpaired) electrons. The number of rotatable bonds is 5. The molecule has 0 spiro atoms. The first kappa shape index (κ1) is 11.7. The first-order valence-electron chi connectivity index (χ1n) is 4.57. The SMILES string of the molecule is COCOc1cc(C)c(OC)c(OC)c1. The van der Waals surface area contributed by atoms with Gasteiger partial charge in [0.15, 0.2) is 18.3 Å². The van der Waals surface area contributed by atoms with Gasteiger partial charge in [0.1, 0.15) is 5.75 Å². The summed E-state index contributed by atoms with van der Waals surface area (Å²) < 4.78 is 20.5. The second-order valence-electron chi connectivity index (χ2n) is 3.03. The van der Waals surface area contributed by atoms with Crippen LogP contribution in [0.2, 0.25) is 0 Å². The van der Waals surface area contributed by atoms with E-state index >= 15 is 0 Å². The van der Waals surface area contributed by atoms with Crippen LogP contribution < -0.4 is 14.2 Å². The normalized spacial score (nSPS) is 9.87. The summed E-state index contributed by atoms with van der Waals surface area (Å²) in [6.45, 7) is 2.15. The predicted octanol–water partition coefficient (Wildman–Crippen LogP) is 1.99. The lowest BCUT2D eigenvalue weighted by atomic mass is 10.2. The summed E-state index contributed by atoms with van der Waals surface area (Å²) in [6.07, 6.45) is 0. The molecule has 15 heavy (non-hydrogen) atoms. The van der Waals surface area contributed by atoms with Crippen LogP contribution in [-0.2, 0) is 4.74 Å². The van der Waals surface area contributed by atoms with Gasteiger partial charge in [-0.1, -0.05) is 0 Å². The molecule has 0 aliphatic heterocycles. The Morgan fingerprint density at radius 2 is 1.80 bits per heavy atom. The maximum absolute atomic E-state index is 5.32. The molecule has 0 aromatic heterocycles. The van der Waals surface area contributed by atoms with Crippen molar-refractivity contribution in [3.8, 4) is 17.2 Å². The Morgan fingerprint density at radius 1 is 1.07 bits per heavy atom. The van der Waals surface area contributed by atoms with E-state index in [-0.39, 0.29) is 6.79 Å². The summed E-state index contributed by atoms with van der Waals surface area (Å²) in [7, 11) is 4.78. The second kappa shape index (κ2) is 5.46. The third-order valence-electron chi connectivity index (χ3n) is 1.98. The zero-order chi connectivity index (χ0) is 11.3. The van der Waals surface area contributed by atoms with Crippen molar-refractivity contribution in [2.45, 2.75) is 6.92 Å². The Labute approximate surface area is 89.7 Å².